The normalized spacial score (nSPS) is 12.1. The number of aromatic nitrogens is 4. The summed E-state index contributed by atoms with van der Waals surface area (Å²) in [5.41, 5.74) is 11.1. The summed E-state index contributed by atoms with van der Waals surface area (Å²) in [4.78, 5) is 30.2. The summed E-state index contributed by atoms with van der Waals surface area (Å²) >= 11 is 0. The van der Waals surface area contributed by atoms with Gasteiger partial charge in [-0.05, 0) is 37.1 Å². The minimum atomic E-state index is -1.03. The molecule has 2 aromatic heterocycles. The molecule has 0 spiro atoms. The highest BCUT2D eigenvalue weighted by Crippen LogP contribution is 2.26. The third-order valence-electron chi connectivity index (χ3n) is 6.17. The number of hydrogen-bond donors (Lipinski definition) is 5. The first kappa shape index (κ1) is 28.5. The van der Waals surface area contributed by atoms with Gasteiger partial charge in [0.15, 0.2) is 34.7 Å². The van der Waals surface area contributed by atoms with Crippen LogP contribution in [0.25, 0.3) is 17.0 Å². The Kier molecular flexibility index (Phi) is 8.45. The predicted molar refractivity (Wildman–Crippen MR) is 150 cm³/mol. The van der Waals surface area contributed by atoms with Crippen LogP contribution >= 0.6 is 0 Å². The summed E-state index contributed by atoms with van der Waals surface area (Å²) in [5.74, 6) is 3.24. The summed E-state index contributed by atoms with van der Waals surface area (Å²) < 4.78 is 27.0. The van der Waals surface area contributed by atoms with Crippen molar-refractivity contribution in [2.24, 2.45) is 11.6 Å². The number of nitrogen functional groups attached to an aromatic ring is 1. The van der Waals surface area contributed by atoms with Crippen molar-refractivity contribution in [3.8, 4) is 17.3 Å². The lowest BCUT2D eigenvalue weighted by atomic mass is 10.0. The van der Waals surface area contributed by atoms with Gasteiger partial charge >= 0.3 is 0 Å². The first-order valence-corrected chi connectivity index (χ1v) is 12.3. The van der Waals surface area contributed by atoms with E-state index < -0.39 is 23.6 Å². The Morgan fingerprint density at radius 3 is 2.27 bits per heavy atom. The SMILES string of the molecule is C=C(N)c1nc(-c2ccc(C(C)Nc3ncc(C#N)nc3C(=O)NC(C)c3ccc(F)c(F)c3)cc2)cnc1NN. The molecule has 208 valence electrons. The molecule has 0 saturated carbocycles. The number of carbonyl (C=O) groups excluding carboxylic acids is 1. The molecular weight excluding hydrogens is 530 g/mol. The van der Waals surface area contributed by atoms with E-state index in [4.69, 9.17) is 11.6 Å². The van der Waals surface area contributed by atoms with Gasteiger partial charge in [0.1, 0.15) is 11.8 Å². The van der Waals surface area contributed by atoms with Gasteiger partial charge in [0.25, 0.3) is 5.91 Å². The molecule has 4 rings (SSSR count). The van der Waals surface area contributed by atoms with Crippen LogP contribution < -0.4 is 27.6 Å². The maximum Gasteiger partial charge on any atom is 0.274 e. The zero-order valence-electron chi connectivity index (χ0n) is 22.1. The molecule has 1 amide bonds. The summed E-state index contributed by atoms with van der Waals surface area (Å²) in [6, 6.07) is 11.6. The second kappa shape index (κ2) is 12.1. The van der Waals surface area contributed by atoms with Crippen LogP contribution in [0.15, 0.2) is 61.4 Å². The smallest absolute Gasteiger partial charge is 0.274 e. The molecule has 0 radical (unpaired) electrons. The summed E-state index contributed by atoms with van der Waals surface area (Å²) in [5, 5.41) is 15.1. The van der Waals surface area contributed by atoms with E-state index in [2.05, 4.69) is 42.6 Å². The van der Waals surface area contributed by atoms with Crippen LogP contribution in [0.2, 0.25) is 0 Å². The van der Waals surface area contributed by atoms with Gasteiger partial charge in [0.05, 0.1) is 35.9 Å². The fraction of sp³-hybridized carbons (Fsp3) is 0.143. The Labute approximate surface area is 234 Å². The largest absolute Gasteiger partial charge is 0.397 e. The van der Waals surface area contributed by atoms with Gasteiger partial charge in [-0.2, -0.15) is 5.26 Å². The van der Waals surface area contributed by atoms with Gasteiger partial charge in [-0.15, -0.1) is 0 Å². The van der Waals surface area contributed by atoms with Crippen LogP contribution in [0.3, 0.4) is 0 Å². The minimum Gasteiger partial charge on any atom is -0.397 e. The van der Waals surface area contributed by atoms with Gasteiger partial charge in [0.2, 0.25) is 0 Å². The first-order chi connectivity index (χ1) is 19.6. The molecule has 2 heterocycles. The van der Waals surface area contributed by atoms with Crippen LogP contribution in [0.5, 0.6) is 0 Å². The van der Waals surface area contributed by atoms with Crippen molar-refractivity contribution in [1.29, 1.82) is 5.26 Å². The number of nitrogens with one attached hydrogen (secondary N) is 3. The van der Waals surface area contributed by atoms with Crippen LogP contribution in [-0.2, 0) is 0 Å². The van der Waals surface area contributed by atoms with E-state index in [0.717, 1.165) is 23.3 Å². The molecule has 0 aliphatic carbocycles. The van der Waals surface area contributed by atoms with Crippen molar-refractivity contribution in [3.05, 3.63) is 101 Å². The van der Waals surface area contributed by atoms with Crippen molar-refractivity contribution in [1.82, 2.24) is 25.3 Å². The predicted octanol–water partition coefficient (Wildman–Crippen LogP) is 3.96. The number of benzene rings is 2. The third-order valence-corrected chi connectivity index (χ3v) is 6.17. The molecule has 2 atom stereocenters. The van der Waals surface area contributed by atoms with Crippen LogP contribution in [-0.4, -0.2) is 25.8 Å². The van der Waals surface area contributed by atoms with Crippen molar-refractivity contribution in [2.45, 2.75) is 25.9 Å². The second-order valence-electron chi connectivity index (χ2n) is 9.04. The first-order valence-electron chi connectivity index (χ1n) is 12.3. The van der Waals surface area contributed by atoms with Gasteiger partial charge < -0.3 is 21.8 Å². The van der Waals surface area contributed by atoms with E-state index in [-0.39, 0.29) is 28.9 Å². The third kappa shape index (κ3) is 6.40. The molecule has 0 aliphatic heterocycles. The van der Waals surface area contributed by atoms with Gasteiger partial charge in [-0.1, -0.05) is 36.9 Å². The second-order valence-corrected chi connectivity index (χ2v) is 9.04. The average molecular weight is 557 g/mol. The standard InChI is InChI=1S/C28H26F2N10O/c1-14(32)24-27(40-33)35-13-23(39-24)18-6-4-17(5-7-18)15(2)36-26-25(38-20(11-31)12-34-26)28(41)37-16(3)19-8-9-21(29)22(30)10-19/h4-10,12-13,15-16H,1,32-33H2,2-3H3,(H,34,36)(H,35,40)(H,37,41). The Bertz CT molecular complexity index is 1650. The van der Waals surface area contributed by atoms with E-state index in [9.17, 15) is 18.8 Å². The molecule has 2 aromatic carbocycles. The highest BCUT2D eigenvalue weighted by Gasteiger charge is 2.21. The number of hydrogen-bond acceptors (Lipinski definition) is 10. The molecule has 4 aromatic rings. The van der Waals surface area contributed by atoms with Crippen molar-refractivity contribution in [2.75, 3.05) is 10.7 Å². The number of nitrogens with two attached hydrogens (primary N) is 2. The average Bonchev–Trinajstić information content (AvgIpc) is 2.98. The zero-order valence-corrected chi connectivity index (χ0v) is 22.1. The molecule has 7 N–H and O–H groups in total. The molecule has 41 heavy (non-hydrogen) atoms. The van der Waals surface area contributed by atoms with E-state index in [1.54, 1.807) is 13.1 Å². The Morgan fingerprint density at radius 2 is 1.63 bits per heavy atom. The maximum atomic E-state index is 13.7. The lowest BCUT2D eigenvalue weighted by molar-refractivity contribution is 0.0935. The topological polar surface area (TPSA) is 181 Å². The monoisotopic (exact) mass is 556 g/mol. The number of carbonyl (C=O) groups is 1. The number of rotatable bonds is 9. The fourth-order valence-electron chi connectivity index (χ4n) is 3.93. The number of amides is 1. The van der Waals surface area contributed by atoms with E-state index in [0.29, 0.717) is 22.8 Å². The molecule has 0 aliphatic rings. The summed E-state index contributed by atoms with van der Waals surface area (Å²) in [6.45, 7) is 7.17. The van der Waals surface area contributed by atoms with E-state index in [1.807, 2.05) is 37.3 Å². The van der Waals surface area contributed by atoms with Crippen LogP contribution in [0, 0.1) is 23.0 Å². The van der Waals surface area contributed by atoms with Gasteiger partial charge in [-0.25, -0.2) is 34.6 Å². The minimum absolute atomic E-state index is 0.0605. The molecule has 0 fully saturated rings. The number of anilines is 2. The lowest BCUT2D eigenvalue weighted by Gasteiger charge is -2.19. The van der Waals surface area contributed by atoms with Gasteiger partial charge in [-0.3, -0.25) is 4.79 Å². The Balaban J connectivity index is 1.54. The Hall–Kier alpha value is -5.48. The number of halogens is 2. The van der Waals surface area contributed by atoms with E-state index >= 15 is 0 Å². The number of nitriles is 1. The van der Waals surface area contributed by atoms with Crippen LogP contribution in [0.1, 0.15) is 58.9 Å². The van der Waals surface area contributed by atoms with Crippen LogP contribution in [0.4, 0.5) is 20.4 Å². The number of hydrazine groups is 1. The van der Waals surface area contributed by atoms with Crippen molar-refractivity contribution >= 4 is 23.2 Å². The summed E-state index contributed by atoms with van der Waals surface area (Å²) in [6.07, 6.45) is 2.80. The molecule has 0 bridgehead atoms. The molecule has 13 heteroatoms. The Morgan fingerprint density at radius 1 is 0.951 bits per heavy atom. The highest BCUT2D eigenvalue weighted by molar-refractivity contribution is 5.97. The van der Waals surface area contributed by atoms with Crippen molar-refractivity contribution in [3.63, 3.8) is 0 Å². The molecule has 2 unspecified atom stereocenters. The number of nitrogens with zero attached hydrogens (tertiary/aromatic N) is 5. The van der Waals surface area contributed by atoms with E-state index in [1.165, 1.54) is 12.3 Å². The highest BCUT2D eigenvalue weighted by atomic mass is 19.2. The maximum absolute atomic E-state index is 13.7. The molecule has 11 nitrogen and oxygen atoms in total. The molecular formula is C28H26F2N10O. The summed E-state index contributed by atoms with van der Waals surface area (Å²) in [7, 11) is 0. The van der Waals surface area contributed by atoms with Gasteiger partial charge in [0, 0.05) is 5.56 Å². The molecule has 0 saturated heterocycles. The lowest BCUT2D eigenvalue weighted by Crippen LogP contribution is -2.29. The fourth-order valence-corrected chi connectivity index (χ4v) is 3.93. The van der Waals surface area contributed by atoms with Crippen molar-refractivity contribution < 1.29 is 13.6 Å². The zero-order chi connectivity index (χ0) is 29.7. The quantitative estimate of drug-likeness (QED) is 0.149.